The summed E-state index contributed by atoms with van der Waals surface area (Å²) in [7, 11) is 0. The Hall–Kier alpha value is -3.55. The Balaban J connectivity index is 0.00000140. The summed E-state index contributed by atoms with van der Waals surface area (Å²) in [6, 6.07) is 9.92. The van der Waals surface area contributed by atoms with Crippen LogP contribution >= 0.6 is 0 Å². The van der Waals surface area contributed by atoms with E-state index in [9.17, 15) is 55.2 Å². The minimum atomic E-state index is -4.04. The molecule has 49 heavy (non-hydrogen) atoms. The molecule has 0 radical (unpaired) electrons. The summed E-state index contributed by atoms with van der Waals surface area (Å²) in [4.78, 5) is 38.0. The van der Waals surface area contributed by atoms with Crippen molar-refractivity contribution in [2.75, 3.05) is 0 Å². The summed E-state index contributed by atoms with van der Waals surface area (Å²) in [6.07, 6.45) is 0.340. The Morgan fingerprint density at radius 3 is 1.80 bits per heavy atom. The lowest BCUT2D eigenvalue weighted by Gasteiger charge is -2.55. The Bertz CT molecular complexity index is 1370. The zero-order valence-electron chi connectivity index (χ0n) is 29.2. The van der Waals surface area contributed by atoms with Crippen LogP contribution in [0.15, 0.2) is 42.5 Å². The fraction of sp³-hybridized carbons (Fsp3) is 0.545. The van der Waals surface area contributed by atoms with E-state index < -0.39 is 42.3 Å². The maximum absolute atomic E-state index is 13.0. The van der Waals surface area contributed by atoms with E-state index in [0.717, 1.165) is 0 Å². The highest BCUT2D eigenvalue weighted by Gasteiger charge is 2.74. The fourth-order valence-electron chi connectivity index (χ4n) is 4.90. The Morgan fingerprint density at radius 1 is 0.776 bits per heavy atom. The predicted octanol–water partition coefficient (Wildman–Crippen LogP) is 0.517. The number of hydrogen-bond acceptors (Lipinski definition) is 14. The van der Waals surface area contributed by atoms with Gasteiger partial charge in [0.2, 0.25) is 11.8 Å². The predicted molar refractivity (Wildman–Crippen MR) is 174 cm³/mol. The van der Waals surface area contributed by atoms with Crippen LogP contribution in [0.25, 0.3) is 0 Å². The summed E-state index contributed by atoms with van der Waals surface area (Å²) in [5.74, 6) is -16.8. The molecule has 3 amide bonds. The number of benzene rings is 2. The van der Waals surface area contributed by atoms with Crippen molar-refractivity contribution < 1.29 is 64.7 Å². The second-order valence-electron chi connectivity index (χ2n) is 9.96. The number of piperidine rings is 1. The first-order valence-electron chi connectivity index (χ1n) is 16.3. The molecule has 1 atom stereocenters. The minimum Gasteiger partial charge on any atom is -0.489 e. The minimum absolute atomic E-state index is 0.00154. The maximum Gasteiger partial charge on any atom is 0.356 e. The molecular weight excluding hydrogens is 646 g/mol. The smallest absolute Gasteiger partial charge is 0.356 e. The molecule has 2 aromatic carbocycles. The Labute approximate surface area is 285 Å². The van der Waals surface area contributed by atoms with Crippen LogP contribution in [0.3, 0.4) is 0 Å². The molecule has 0 aromatic heterocycles. The van der Waals surface area contributed by atoms with Gasteiger partial charge in [-0.25, -0.2) is 0 Å². The van der Waals surface area contributed by atoms with Crippen molar-refractivity contribution in [1.29, 1.82) is 0 Å². The lowest BCUT2D eigenvalue weighted by molar-refractivity contribution is -0.659. The van der Waals surface area contributed by atoms with Gasteiger partial charge in [-0.3, -0.25) is 24.4 Å². The van der Waals surface area contributed by atoms with Crippen LogP contribution in [0.1, 0.15) is 95.3 Å². The average molecular weight is 698 g/mol. The summed E-state index contributed by atoms with van der Waals surface area (Å²) in [6.45, 7) is 15.3. The van der Waals surface area contributed by atoms with Gasteiger partial charge in [0.25, 0.3) is 5.91 Å². The molecule has 0 bridgehead atoms. The van der Waals surface area contributed by atoms with Crippen LogP contribution in [0.5, 0.6) is 5.75 Å². The van der Waals surface area contributed by atoms with Crippen molar-refractivity contribution in [2.45, 2.75) is 118 Å². The second-order valence-corrected chi connectivity index (χ2v) is 9.96. The van der Waals surface area contributed by atoms with E-state index in [4.69, 9.17) is 4.74 Å². The molecule has 0 aliphatic carbocycles. The van der Waals surface area contributed by atoms with Gasteiger partial charge in [0.05, 0.1) is 6.54 Å². The standard InChI is InChI=1S/C25H27N3O13.4C2H6/c29-19-9-8-17(20(30)26-19)27-11-16-15(21(27)31)2-1-3-18(16)40-12-14-6-4-13(5-7-14)10-28-22(32,33)24(36,37)41-25(38,39)23(28,34)35;4*1-2/h1-7,17,32-39H,8-12H2,(H,26,29,30);4*1-2H3. The van der Waals surface area contributed by atoms with Gasteiger partial charge >= 0.3 is 23.8 Å². The molecule has 16 nitrogen and oxygen atoms in total. The largest absolute Gasteiger partial charge is 0.489 e. The molecular formula is C33H51N3O13. The molecule has 2 saturated heterocycles. The summed E-state index contributed by atoms with van der Waals surface area (Å²) >= 11 is 0. The second kappa shape index (κ2) is 17.9. The summed E-state index contributed by atoms with van der Waals surface area (Å²) in [5, 5.41) is 81.5. The third-order valence-corrected chi connectivity index (χ3v) is 7.21. The number of rotatable bonds is 6. The highest BCUT2D eigenvalue weighted by molar-refractivity contribution is 6.05. The van der Waals surface area contributed by atoms with Gasteiger partial charge in [0, 0.05) is 24.1 Å². The lowest BCUT2D eigenvalue weighted by Crippen LogP contribution is -2.83. The van der Waals surface area contributed by atoms with Gasteiger partial charge in [-0.05, 0) is 29.7 Å². The molecule has 2 aromatic rings. The average Bonchev–Trinajstić information content (AvgIpc) is 3.42. The molecule has 2 fully saturated rings. The van der Waals surface area contributed by atoms with Crippen molar-refractivity contribution in [1.82, 2.24) is 15.1 Å². The van der Waals surface area contributed by atoms with E-state index in [1.54, 1.807) is 18.2 Å². The van der Waals surface area contributed by atoms with Crippen molar-refractivity contribution in [3.05, 3.63) is 64.7 Å². The number of ether oxygens (including phenoxy) is 2. The van der Waals surface area contributed by atoms with Crippen LogP contribution in [-0.4, -0.2) is 98.2 Å². The highest BCUT2D eigenvalue weighted by atomic mass is 16.9. The van der Waals surface area contributed by atoms with Crippen LogP contribution < -0.4 is 10.1 Å². The zero-order chi connectivity index (χ0) is 38.0. The number of nitrogens with one attached hydrogen (secondary N) is 1. The van der Waals surface area contributed by atoms with Crippen molar-refractivity contribution >= 4 is 17.7 Å². The van der Waals surface area contributed by atoms with Crippen LogP contribution in [-0.2, 0) is 34.0 Å². The normalized spacial score (nSPS) is 21.1. The molecule has 9 N–H and O–H groups in total. The topological polar surface area (TPSA) is 250 Å². The highest BCUT2D eigenvalue weighted by Crippen LogP contribution is 2.42. The Kier molecular flexibility index (Phi) is 15.9. The van der Waals surface area contributed by atoms with E-state index in [1.165, 1.54) is 29.2 Å². The van der Waals surface area contributed by atoms with Gasteiger partial charge in [-0.1, -0.05) is 85.7 Å². The first-order chi connectivity index (χ1) is 23.0. The number of nitrogens with zero attached hydrogens (tertiary/aromatic N) is 2. The molecule has 0 spiro atoms. The zero-order valence-corrected chi connectivity index (χ0v) is 29.2. The molecule has 5 rings (SSSR count). The molecule has 16 heteroatoms. The molecule has 1 unspecified atom stereocenters. The first kappa shape index (κ1) is 43.5. The van der Waals surface area contributed by atoms with Crippen LogP contribution in [0.2, 0.25) is 0 Å². The van der Waals surface area contributed by atoms with Gasteiger partial charge in [0.15, 0.2) is 0 Å². The van der Waals surface area contributed by atoms with E-state index in [2.05, 4.69) is 10.1 Å². The van der Waals surface area contributed by atoms with Crippen molar-refractivity contribution in [3.63, 3.8) is 0 Å². The van der Waals surface area contributed by atoms with Gasteiger partial charge < -0.3 is 50.5 Å². The van der Waals surface area contributed by atoms with E-state index in [-0.39, 0.29) is 48.3 Å². The number of fused-ring (bicyclic) bond motifs is 1. The molecule has 0 saturated carbocycles. The number of imide groups is 1. The third kappa shape index (κ3) is 8.98. The Morgan fingerprint density at radius 2 is 1.29 bits per heavy atom. The first-order valence-corrected chi connectivity index (χ1v) is 16.3. The van der Waals surface area contributed by atoms with Gasteiger partial charge in [0.1, 0.15) is 18.4 Å². The fourth-order valence-corrected chi connectivity index (χ4v) is 4.90. The molecule has 3 aliphatic rings. The van der Waals surface area contributed by atoms with E-state index in [0.29, 0.717) is 22.4 Å². The number of carbonyl (C=O) groups is 3. The monoisotopic (exact) mass is 697 g/mol. The number of aliphatic hydroxyl groups is 8. The maximum atomic E-state index is 13.0. The van der Waals surface area contributed by atoms with Crippen molar-refractivity contribution in [3.8, 4) is 5.75 Å². The molecule has 3 aliphatic heterocycles. The van der Waals surface area contributed by atoms with E-state index in [1.807, 2.05) is 55.4 Å². The van der Waals surface area contributed by atoms with Crippen LogP contribution in [0, 0.1) is 0 Å². The van der Waals surface area contributed by atoms with E-state index >= 15 is 0 Å². The van der Waals surface area contributed by atoms with Gasteiger partial charge in [-0.15, -0.1) is 0 Å². The summed E-state index contributed by atoms with van der Waals surface area (Å²) in [5.41, 5.74) is 1.65. The van der Waals surface area contributed by atoms with Crippen LogP contribution in [0.4, 0.5) is 0 Å². The van der Waals surface area contributed by atoms with Crippen molar-refractivity contribution in [2.24, 2.45) is 0 Å². The summed E-state index contributed by atoms with van der Waals surface area (Å²) < 4.78 is 9.77. The number of hydrogen-bond donors (Lipinski definition) is 9. The third-order valence-electron chi connectivity index (χ3n) is 7.21. The van der Waals surface area contributed by atoms with Gasteiger partial charge in [-0.2, -0.15) is 4.90 Å². The number of morpholine rings is 1. The molecule has 3 heterocycles. The number of amides is 3. The number of carbonyl (C=O) groups excluding carboxylic acids is 3. The molecule has 276 valence electrons. The quantitative estimate of drug-likeness (QED) is 0.148. The lowest BCUT2D eigenvalue weighted by atomic mass is 10.0. The SMILES string of the molecule is CC.CC.CC.CC.O=C1CCC(N2Cc3c(OCc4ccc(CN5C(O)(O)C(O)(O)OC(O)(O)C5(O)O)cc4)cccc3C2=O)C(=O)N1.